The van der Waals surface area contributed by atoms with E-state index >= 15 is 0 Å². The van der Waals surface area contributed by atoms with Gasteiger partial charge in [-0.05, 0) is 50.9 Å². The SMILES string of the molecule is COc1cc(-c2nnc(S)n2NC(C#N)c2ccc(B3OC(C)(C)C(C)(C)O3)cc2)cc(C=O)c1OC. The number of aldehydes is 1. The average molecular weight is 521 g/mol. The fraction of sp³-hybridized carbons (Fsp3) is 0.360. The zero-order valence-corrected chi connectivity index (χ0v) is 22.4. The van der Waals surface area contributed by atoms with Crippen LogP contribution in [0.5, 0.6) is 11.5 Å². The first-order valence-corrected chi connectivity index (χ1v) is 12.0. The van der Waals surface area contributed by atoms with Gasteiger partial charge in [0, 0.05) is 5.56 Å². The predicted octanol–water partition coefficient (Wildman–Crippen LogP) is 3.17. The Hall–Kier alpha value is -3.53. The smallest absolute Gasteiger partial charge is 0.493 e. The quantitative estimate of drug-likeness (QED) is 0.262. The van der Waals surface area contributed by atoms with Crippen molar-refractivity contribution in [2.24, 2.45) is 0 Å². The van der Waals surface area contributed by atoms with Crippen LogP contribution in [0.4, 0.5) is 0 Å². The Balaban J connectivity index is 1.62. The summed E-state index contributed by atoms with van der Waals surface area (Å²) in [6.07, 6.45) is 0.667. The lowest BCUT2D eigenvalue weighted by atomic mass is 9.78. The number of carbonyl (C=O) groups excluding carboxylic acids is 1. The summed E-state index contributed by atoms with van der Waals surface area (Å²) in [6, 6.07) is 12.2. The number of methoxy groups -OCH3 is 2. The number of nitriles is 1. The van der Waals surface area contributed by atoms with Crippen molar-refractivity contribution in [3.63, 3.8) is 0 Å². The zero-order valence-electron chi connectivity index (χ0n) is 21.5. The number of ether oxygens (including phenoxy) is 2. The van der Waals surface area contributed by atoms with Crippen LogP contribution in [0.15, 0.2) is 41.6 Å². The van der Waals surface area contributed by atoms with Gasteiger partial charge in [-0.2, -0.15) is 5.26 Å². The third-order valence-corrected chi connectivity index (χ3v) is 7.01. The van der Waals surface area contributed by atoms with E-state index < -0.39 is 24.4 Å². The molecule has 10 nitrogen and oxygen atoms in total. The minimum Gasteiger partial charge on any atom is -0.493 e. The molecule has 1 fully saturated rings. The summed E-state index contributed by atoms with van der Waals surface area (Å²) in [5, 5.41) is 18.4. The van der Waals surface area contributed by atoms with Crippen molar-refractivity contribution in [3.8, 4) is 29.0 Å². The van der Waals surface area contributed by atoms with Crippen LogP contribution < -0.4 is 20.4 Å². The topological polar surface area (TPSA) is 121 Å². The summed E-state index contributed by atoms with van der Waals surface area (Å²) in [6.45, 7) is 8.00. The Morgan fingerprint density at radius 3 is 2.30 bits per heavy atom. The fourth-order valence-electron chi connectivity index (χ4n) is 3.92. The van der Waals surface area contributed by atoms with Crippen molar-refractivity contribution in [3.05, 3.63) is 47.5 Å². The van der Waals surface area contributed by atoms with E-state index in [1.54, 1.807) is 12.1 Å². The van der Waals surface area contributed by atoms with Crippen LogP contribution in [0.2, 0.25) is 0 Å². The molecule has 37 heavy (non-hydrogen) atoms. The standard InChI is InChI=1S/C25H28BN5O5S/c1-24(2)25(3,4)36-26(35-24)18-9-7-15(8-10-18)19(13-27)30-31-22(28-29-23(31)37)16-11-17(14-32)21(34-6)20(12-16)33-5/h7-12,14,19,30H,1-6H3,(H,29,37). The highest BCUT2D eigenvalue weighted by Crippen LogP contribution is 2.37. The van der Waals surface area contributed by atoms with Gasteiger partial charge < -0.3 is 24.2 Å². The second-order valence-corrected chi connectivity index (χ2v) is 9.92. The lowest BCUT2D eigenvalue weighted by Gasteiger charge is -2.32. The first kappa shape index (κ1) is 26.5. The van der Waals surface area contributed by atoms with Gasteiger partial charge in [0.2, 0.25) is 5.16 Å². The van der Waals surface area contributed by atoms with Crippen molar-refractivity contribution in [1.29, 1.82) is 5.26 Å². The highest BCUT2D eigenvalue weighted by molar-refractivity contribution is 7.80. The highest BCUT2D eigenvalue weighted by Gasteiger charge is 2.51. The van der Waals surface area contributed by atoms with Gasteiger partial charge in [-0.3, -0.25) is 4.79 Å². The van der Waals surface area contributed by atoms with Crippen LogP contribution in [-0.2, 0) is 9.31 Å². The minimum absolute atomic E-state index is 0.228. The monoisotopic (exact) mass is 521 g/mol. The number of aromatic nitrogens is 3. The highest BCUT2D eigenvalue weighted by atomic mass is 32.1. The van der Waals surface area contributed by atoms with Crippen molar-refractivity contribution in [2.45, 2.75) is 50.1 Å². The molecule has 2 heterocycles. The summed E-state index contributed by atoms with van der Waals surface area (Å²) in [5.41, 5.74) is 4.57. The number of hydrogen-bond donors (Lipinski definition) is 2. The number of hydrogen-bond acceptors (Lipinski definition) is 10. The maximum absolute atomic E-state index is 11.7. The summed E-state index contributed by atoms with van der Waals surface area (Å²) in [4.78, 5) is 11.7. The van der Waals surface area contributed by atoms with Crippen LogP contribution in [-0.4, -0.2) is 53.7 Å². The zero-order chi connectivity index (χ0) is 27.0. The molecule has 0 spiro atoms. The normalized spacial score (nSPS) is 16.6. The largest absolute Gasteiger partial charge is 0.494 e. The van der Waals surface area contributed by atoms with E-state index in [1.165, 1.54) is 18.9 Å². The van der Waals surface area contributed by atoms with Gasteiger partial charge in [-0.15, -0.1) is 22.8 Å². The van der Waals surface area contributed by atoms with Gasteiger partial charge >= 0.3 is 7.12 Å². The van der Waals surface area contributed by atoms with Gasteiger partial charge in [0.1, 0.15) is 0 Å². The Kier molecular flexibility index (Phi) is 7.23. The molecule has 0 radical (unpaired) electrons. The van der Waals surface area contributed by atoms with Crippen LogP contribution in [0.25, 0.3) is 11.4 Å². The van der Waals surface area contributed by atoms with Crippen LogP contribution >= 0.6 is 12.6 Å². The predicted molar refractivity (Wildman–Crippen MR) is 141 cm³/mol. The molecule has 0 saturated carbocycles. The van der Waals surface area contributed by atoms with Gasteiger partial charge in [-0.1, -0.05) is 24.3 Å². The van der Waals surface area contributed by atoms with Crippen molar-refractivity contribution in [1.82, 2.24) is 14.9 Å². The van der Waals surface area contributed by atoms with Gasteiger partial charge in [0.05, 0.1) is 37.1 Å². The number of nitrogens with zero attached hydrogens (tertiary/aromatic N) is 4. The molecular formula is C25H28BN5O5S. The van der Waals surface area contributed by atoms with E-state index in [1.807, 2.05) is 52.0 Å². The maximum atomic E-state index is 11.7. The molecule has 1 saturated heterocycles. The molecule has 0 amide bonds. The molecule has 1 N–H and O–H groups in total. The van der Waals surface area contributed by atoms with E-state index in [0.29, 0.717) is 34.7 Å². The van der Waals surface area contributed by atoms with Crippen LogP contribution in [0, 0.1) is 11.3 Å². The Labute approximate surface area is 221 Å². The number of nitrogens with one attached hydrogen (secondary N) is 1. The summed E-state index contributed by atoms with van der Waals surface area (Å²) >= 11 is 4.40. The van der Waals surface area contributed by atoms with E-state index in [-0.39, 0.29) is 10.7 Å². The van der Waals surface area contributed by atoms with Gasteiger partial charge in [0.25, 0.3) is 0 Å². The van der Waals surface area contributed by atoms with Crippen molar-refractivity contribution >= 4 is 31.5 Å². The summed E-state index contributed by atoms with van der Waals surface area (Å²) in [5.74, 6) is 0.999. The van der Waals surface area contributed by atoms with E-state index in [4.69, 9.17) is 18.8 Å². The summed E-state index contributed by atoms with van der Waals surface area (Å²) in [7, 11) is 2.43. The minimum atomic E-state index is -0.765. The molecule has 12 heteroatoms. The molecular weight excluding hydrogens is 493 g/mol. The molecule has 192 valence electrons. The molecule has 1 atom stereocenters. The van der Waals surface area contributed by atoms with Crippen LogP contribution in [0.3, 0.4) is 0 Å². The number of benzene rings is 2. The van der Waals surface area contributed by atoms with Crippen molar-refractivity contribution < 1.29 is 23.6 Å². The molecule has 4 rings (SSSR count). The third-order valence-electron chi connectivity index (χ3n) is 6.72. The van der Waals surface area contributed by atoms with Gasteiger partial charge in [0.15, 0.2) is 29.7 Å². The molecule has 1 aromatic heterocycles. The fourth-order valence-corrected chi connectivity index (χ4v) is 4.12. The molecule has 1 unspecified atom stereocenters. The average Bonchev–Trinajstić information content (AvgIpc) is 3.35. The van der Waals surface area contributed by atoms with Crippen molar-refractivity contribution in [2.75, 3.05) is 19.6 Å². The maximum Gasteiger partial charge on any atom is 0.494 e. The molecule has 1 aliphatic rings. The lowest BCUT2D eigenvalue weighted by molar-refractivity contribution is 0.00578. The number of carbonyl (C=O) groups is 1. The molecule has 3 aromatic rings. The number of rotatable bonds is 8. The number of thiol groups is 1. The summed E-state index contributed by atoms with van der Waals surface area (Å²) < 4.78 is 24.4. The Morgan fingerprint density at radius 1 is 1.11 bits per heavy atom. The van der Waals surface area contributed by atoms with E-state index in [9.17, 15) is 10.1 Å². The molecule has 0 aliphatic carbocycles. The second-order valence-electron chi connectivity index (χ2n) is 9.52. The first-order valence-electron chi connectivity index (χ1n) is 11.5. The molecule has 0 bridgehead atoms. The lowest BCUT2D eigenvalue weighted by Crippen LogP contribution is -2.41. The van der Waals surface area contributed by atoms with Crippen LogP contribution in [0.1, 0.15) is 49.7 Å². The molecule has 1 aliphatic heterocycles. The first-order chi connectivity index (χ1) is 17.5. The second kappa shape index (κ2) is 10.1. The Bertz CT molecular complexity index is 1340. The van der Waals surface area contributed by atoms with E-state index in [0.717, 1.165) is 5.46 Å². The third kappa shape index (κ3) is 4.90. The van der Waals surface area contributed by atoms with E-state index in [2.05, 4.69) is 34.3 Å². The van der Waals surface area contributed by atoms with Gasteiger partial charge in [-0.25, -0.2) is 4.68 Å². The Morgan fingerprint density at radius 2 is 1.76 bits per heavy atom. The molecule has 2 aromatic carbocycles.